The number of rotatable bonds is 4. The molecule has 2 aliphatic heterocycles. The number of hydrogen-bond donors (Lipinski definition) is 3. The summed E-state index contributed by atoms with van der Waals surface area (Å²) in [6.45, 7) is 4.12. The highest BCUT2D eigenvalue weighted by atomic mass is 16.3. The molecule has 3 N–H and O–H groups in total. The number of likely N-dealkylation sites (tertiary alicyclic amines) is 2. The third-order valence-electron chi connectivity index (χ3n) is 5.97. The number of amides is 2. The quantitative estimate of drug-likeness (QED) is 0.280. The summed E-state index contributed by atoms with van der Waals surface area (Å²) in [5.74, 6) is 1.05. The summed E-state index contributed by atoms with van der Waals surface area (Å²) in [6, 6.07) is 7.05. The first kappa shape index (κ1) is 21.7. The minimum absolute atomic E-state index is 0.0117. The van der Waals surface area contributed by atoms with E-state index in [9.17, 15) is 14.9 Å². The van der Waals surface area contributed by atoms with Gasteiger partial charge in [0, 0.05) is 25.0 Å². The van der Waals surface area contributed by atoms with Crippen molar-refractivity contribution in [3.8, 4) is 6.19 Å². The highest BCUT2D eigenvalue weighted by Crippen LogP contribution is 2.22. The first-order chi connectivity index (χ1) is 15.5. The fraction of sp³-hybridized carbons (Fsp3) is 0.478. The molecule has 0 unspecified atom stereocenters. The number of hydrogen-bond acceptors (Lipinski definition) is 4. The van der Waals surface area contributed by atoms with E-state index in [1.165, 1.54) is 0 Å². The van der Waals surface area contributed by atoms with Gasteiger partial charge in [-0.25, -0.2) is 5.32 Å². The van der Waals surface area contributed by atoms with E-state index in [1.807, 2.05) is 42.3 Å². The third-order valence-corrected chi connectivity index (χ3v) is 5.97. The molecule has 2 saturated heterocycles. The van der Waals surface area contributed by atoms with Crippen molar-refractivity contribution < 1.29 is 19.0 Å². The lowest BCUT2D eigenvalue weighted by molar-refractivity contribution is -0.491. The third kappa shape index (κ3) is 5.02. The second-order valence-electron chi connectivity index (χ2n) is 8.39. The number of nitrogens with zero attached hydrogens (tertiary/aromatic N) is 3. The van der Waals surface area contributed by atoms with E-state index in [-0.39, 0.29) is 18.4 Å². The lowest BCUT2D eigenvalue weighted by Crippen LogP contribution is -2.86. The number of guanidine groups is 1. The van der Waals surface area contributed by atoms with Gasteiger partial charge < -0.3 is 14.2 Å². The van der Waals surface area contributed by atoms with E-state index >= 15 is 0 Å². The number of nitrogens with one attached hydrogen (secondary N) is 3. The maximum atomic E-state index is 13.2. The second kappa shape index (κ2) is 9.73. The van der Waals surface area contributed by atoms with Gasteiger partial charge in [0.05, 0.1) is 12.2 Å². The van der Waals surface area contributed by atoms with Crippen LogP contribution in [0.15, 0.2) is 28.7 Å². The van der Waals surface area contributed by atoms with Crippen molar-refractivity contribution >= 4 is 34.4 Å². The van der Waals surface area contributed by atoms with Gasteiger partial charge in [0.25, 0.3) is 12.1 Å². The SMILES string of the molecule is Cc1cc2cc(NC(NC#N)=[NH+][C@H]3CCCCN(CC(=O)N4CCCC4)C3=O)ccc2o1. The van der Waals surface area contributed by atoms with Crippen LogP contribution in [0.3, 0.4) is 0 Å². The molecule has 2 fully saturated rings. The first-order valence-corrected chi connectivity index (χ1v) is 11.2. The van der Waals surface area contributed by atoms with Crippen LogP contribution in [0.2, 0.25) is 0 Å². The Morgan fingerprint density at radius 1 is 1.22 bits per heavy atom. The first-order valence-electron chi connectivity index (χ1n) is 11.2. The van der Waals surface area contributed by atoms with Crippen LogP contribution in [0.5, 0.6) is 0 Å². The van der Waals surface area contributed by atoms with E-state index in [1.54, 1.807) is 4.90 Å². The maximum Gasteiger partial charge on any atom is 0.363 e. The largest absolute Gasteiger partial charge is 0.461 e. The number of furan rings is 1. The second-order valence-corrected chi connectivity index (χ2v) is 8.39. The molecule has 0 aliphatic carbocycles. The molecule has 168 valence electrons. The Morgan fingerprint density at radius 2 is 2.00 bits per heavy atom. The van der Waals surface area contributed by atoms with Gasteiger partial charge in [-0.2, -0.15) is 10.6 Å². The van der Waals surface area contributed by atoms with Crippen molar-refractivity contribution in [3.63, 3.8) is 0 Å². The van der Waals surface area contributed by atoms with Gasteiger partial charge in [0.1, 0.15) is 11.3 Å². The average Bonchev–Trinajstić information content (AvgIpc) is 3.39. The van der Waals surface area contributed by atoms with Crippen molar-refractivity contribution in [2.45, 2.75) is 45.1 Å². The lowest BCUT2D eigenvalue weighted by atomic mass is 10.1. The molecule has 1 aromatic heterocycles. The molecule has 0 bridgehead atoms. The summed E-state index contributed by atoms with van der Waals surface area (Å²) in [5, 5.41) is 15.9. The zero-order chi connectivity index (χ0) is 22.5. The molecule has 0 radical (unpaired) electrons. The number of aryl methyl sites for hydroxylation is 1. The van der Waals surface area contributed by atoms with Crippen molar-refractivity contribution in [3.05, 3.63) is 30.0 Å². The minimum Gasteiger partial charge on any atom is -0.461 e. The standard InChI is InChI=1S/C23H28N6O3/c1-16-12-17-13-18(7-8-20(17)32-16)26-23(25-15-24)27-19-6-2-3-11-29(22(19)31)14-21(30)28-9-4-5-10-28/h7-8,12-13,19H,2-6,9-11,14H2,1H3,(H2,25,26,27)/p+1/t19-/m0/s1. The fourth-order valence-corrected chi connectivity index (χ4v) is 4.36. The summed E-state index contributed by atoms with van der Waals surface area (Å²) < 4.78 is 5.61. The Morgan fingerprint density at radius 3 is 2.78 bits per heavy atom. The van der Waals surface area contributed by atoms with Crippen LogP contribution in [0, 0.1) is 18.4 Å². The number of anilines is 1. The van der Waals surface area contributed by atoms with Crippen LogP contribution in [0.4, 0.5) is 5.69 Å². The predicted octanol–water partition coefficient (Wildman–Crippen LogP) is 0.664. The van der Waals surface area contributed by atoms with Crippen molar-refractivity contribution in [1.82, 2.24) is 15.1 Å². The molecule has 1 aromatic carbocycles. The zero-order valence-corrected chi connectivity index (χ0v) is 18.3. The Bertz CT molecular complexity index is 1060. The average molecular weight is 438 g/mol. The minimum atomic E-state index is -0.521. The van der Waals surface area contributed by atoms with Crippen molar-refractivity contribution in [2.24, 2.45) is 0 Å². The number of carbonyl (C=O) groups excluding carboxylic acids is 2. The molecular formula is C23H29N6O3+. The highest BCUT2D eigenvalue weighted by molar-refractivity contribution is 5.94. The predicted molar refractivity (Wildman–Crippen MR) is 119 cm³/mol. The molecule has 2 amide bonds. The molecule has 9 heteroatoms. The van der Waals surface area contributed by atoms with Gasteiger partial charge in [-0.15, -0.1) is 0 Å². The fourth-order valence-electron chi connectivity index (χ4n) is 4.36. The van der Waals surface area contributed by atoms with Crippen LogP contribution in [-0.2, 0) is 9.59 Å². The summed E-state index contributed by atoms with van der Waals surface area (Å²) in [7, 11) is 0. The molecule has 0 spiro atoms. The number of benzene rings is 1. The van der Waals surface area contributed by atoms with E-state index < -0.39 is 6.04 Å². The Balaban J connectivity index is 1.49. The molecule has 3 heterocycles. The molecule has 0 saturated carbocycles. The Labute approximate surface area is 187 Å². The molecule has 9 nitrogen and oxygen atoms in total. The molecule has 2 aromatic rings. The van der Waals surface area contributed by atoms with Gasteiger partial charge in [0.2, 0.25) is 5.91 Å². The van der Waals surface area contributed by atoms with Crippen LogP contribution < -0.4 is 15.6 Å². The lowest BCUT2D eigenvalue weighted by Gasteiger charge is -2.24. The van der Waals surface area contributed by atoms with Crippen molar-refractivity contribution in [1.29, 1.82) is 5.26 Å². The number of carbonyl (C=O) groups is 2. The summed E-state index contributed by atoms with van der Waals surface area (Å²) >= 11 is 0. The Kier molecular flexibility index (Phi) is 6.59. The van der Waals surface area contributed by atoms with Gasteiger partial charge >= 0.3 is 5.96 Å². The van der Waals surface area contributed by atoms with Crippen LogP contribution in [-0.4, -0.2) is 59.8 Å². The number of nitriles is 1. The summed E-state index contributed by atoms with van der Waals surface area (Å²) in [6.07, 6.45) is 6.30. The topological polar surface area (TPSA) is 116 Å². The monoisotopic (exact) mass is 437 g/mol. The van der Waals surface area contributed by atoms with Crippen LogP contribution >= 0.6 is 0 Å². The molecule has 4 rings (SSSR count). The smallest absolute Gasteiger partial charge is 0.363 e. The zero-order valence-electron chi connectivity index (χ0n) is 18.3. The van der Waals surface area contributed by atoms with Gasteiger partial charge in [-0.05, 0) is 63.3 Å². The van der Waals surface area contributed by atoms with Gasteiger partial charge in [-0.3, -0.25) is 14.6 Å². The van der Waals surface area contributed by atoms with E-state index in [2.05, 4.69) is 15.6 Å². The van der Waals surface area contributed by atoms with Crippen LogP contribution in [0.25, 0.3) is 11.0 Å². The molecule has 2 aliphatic rings. The molecule has 32 heavy (non-hydrogen) atoms. The van der Waals surface area contributed by atoms with E-state index in [0.29, 0.717) is 18.9 Å². The Hall–Kier alpha value is -3.54. The normalized spacial score (nSPS) is 19.7. The maximum absolute atomic E-state index is 13.2. The van der Waals surface area contributed by atoms with Crippen LogP contribution in [0.1, 0.15) is 37.9 Å². The van der Waals surface area contributed by atoms with E-state index in [0.717, 1.165) is 61.2 Å². The molecule has 1 atom stereocenters. The summed E-state index contributed by atoms with van der Waals surface area (Å²) in [5.41, 5.74) is 1.54. The highest BCUT2D eigenvalue weighted by Gasteiger charge is 2.31. The molecular weight excluding hydrogens is 408 g/mol. The van der Waals surface area contributed by atoms with Gasteiger partial charge in [0.15, 0.2) is 6.04 Å². The van der Waals surface area contributed by atoms with Gasteiger partial charge in [-0.1, -0.05) is 0 Å². The summed E-state index contributed by atoms with van der Waals surface area (Å²) in [4.78, 5) is 32.4. The number of fused-ring (bicyclic) bond motifs is 1. The van der Waals surface area contributed by atoms with Crippen molar-refractivity contribution in [2.75, 3.05) is 31.5 Å². The van der Waals surface area contributed by atoms with E-state index in [4.69, 9.17) is 4.42 Å².